The van der Waals surface area contributed by atoms with Crippen LogP contribution < -0.4 is 19.7 Å². The number of hydrogen-bond donors (Lipinski definition) is 1. The summed E-state index contributed by atoms with van der Waals surface area (Å²) >= 11 is 0. The molecule has 1 amide bonds. The molecule has 1 aliphatic rings. The van der Waals surface area contributed by atoms with Gasteiger partial charge in [0.05, 0.1) is 14.2 Å². The fourth-order valence-corrected chi connectivity index (χ4v) is 2.94. The first-order valence-electron chi connectivity index (χ1n) is 8.37. The van der Waals surface area contributed by atoms with Crippen LogP contribution in [0, 0.1) is 0 Å². The van der Waals surface area contributed by atoms with Crippen molar-refractivity contribution in [3.8, 4) is 11.5 Å². The highest BCUT2D eigenvalue weighted by molar-refractivity contribution is 5.92. The van der Waals surface area contributed by atoms with Crippen LogP contribution in [-0.2, 0) is 13.0 Å². The summed E-state index contributed by atoms with van der Waals surface area (Å²) in [5.74, 6) is 1.73. The maximum Gasteiger partial charge on any atom is 0.270 e. The van der Waals surface area contributed by atoms with Gasteiger partial charge in [0.2, 0.25) is 5.95 Å². The molecule has 0 aliphatic carbocycles. The highest BCUT2D eigenvalue weighted by atomic mass is 16.5. The predicted octanol–water partition coefficient (Wildman–Crippen LogP) is 1.97. The van der Waals surface area contributed by atoms with E-state index < -0.39 is 0 Å². The number of aromatic nitrogens is 2. The molecule has 2 aromatic rings. The quantitative estimate of drug-likeness (QED) is 0.800. The standard InChI is InChI=1S/C19H22N4O3/c1-4-7-20-18(24)15-5-8-21-19(22-15)23-9-6-13-10-16(25-2)17(26-3)11-14(13)12-23/h4-5,8,10-11H,1,6-7,9,12H2,2-3H3,(H,20,24). The number of methoxy groups -OCH3 is 2. The molecule has 0 unspecified atom stereocenters. The lowest BCUT2D eigenvalue weighted by molar-refractivity contribution is 0.0953. The van der Waals surface area contributed by atoms with Gasteiger partial charge in [-0.25, -0.2) is 9.97 Å². The summed E-state index contributed by atoms with van der Waals surface area (Å²) in [5.41, 5.74) is 2.70. The summed E-state index contributed by atoms with van der Waals surface area (Å²) in [6, 6.07) is 5.61. The Morgan fingerprint density at radius 3 is 2.73 bits per heavy atom. The van der Waals surface area contributed by atoms with E-state index in [-0.39, 0.29) is 5.91 Å². The van der Waals surface area contributed by atoms with Gasteiger partial charge in [0, 0.05) is 25.8 Å². The average molecular weight is 354 g/mol. The molecule has 0 saturated carbocycles. The third-order valence-corrected chi connectivity index (χ3v) is 4.28. The number of ether oxygens (including phenoxy) is 2. The Bertz CT molecular complexity index is 822. The largest absolute Gasteiger partial charge is 0.493 e. The van der Waals surface area contributed by atoms with Crippen LogP contribution in [0.15, 0.2) is 37.1 Å². The summed E-state index contributed by atoms with van der Waals surface area (Å²) in [6.45, 7) is 5.40. The van der Waals surface area contributed by atoms with Crippen LogP contribution in [0.1, 0.15) is 21.6 Å². The summed E-state index contributed by atoms with van der Waals surface area (Å²) in [7, 11) is 3.26. The maximum absolute atomic E-state index is 12.1. The number of fused-ring (bicyclic) bond motifs is 1. The topological polar surface area (TPSA) is 76.6 Å². The van der Waals surface area contributed by atoms with Crippen LogP contribution in [0.25, 0.3) is 0 Å². The number of nitrogens with one attached hydrogen (secondary N) is 1. The van der Waals surface area contributed by atoms with E-state index in [0.717, 1.165) is 24.3 Å². The third-order valence-electron chi connectivity index (χ3n) is 4.28. The number of amides is 1. The van der Waals surface area contributed by atoms with Crippen molar-refractivity contribution < 1.29 is 14.3 Å². The number of carbonyl (C=O) groups excluding carboxylic acids is 1. The second-order valence-corrected chi connectivity index (χ2v) is 5.89. The van der Waals surface area contributed by atoms with Gasteiger partial charge >= 0.3 is 0 Å². The molecule has 1 N–H and O–H groups in total. The van der Waals surface area contributed by atoms with Gasteiger partial charge in [0.1, 0.15) is 5.69 Å². The lowest BCUT2D eigenvalue weighted by atomic mass is 9.99. The van der Waals surface area contributed by atoms with Crippen molar-refractivity contribution in [2.45, 2.75) is 13.0 Å². The van der Waals surface area contributed by atoms with Gasteiger partial charge in [0.15, 0.2) is 11.5 Å². The van der Waals surface area contributed by atoms with Gasteiger partial charge < -0.3 is 19.7 Å². The highest BCUT2D eigenvalue weighted by Crippen LogP contribution is 2.33. The zero-order valence-electron chi connectivity index (χ0n) is 15.0. The fourth-order valence-electron chi connectivity index (χ4n) is 2.94. The van der Waals surface area contributed by atoms with Crippen molar-refractivity contribution in [2.24, 2.45) is 0 Å². The first-order valence-corrected chi connectivity index (χ1v) is 8.37. The van der Waals surface area contributed by atoms with E-state index in [4.69, 9.17) is 9.47 Å². The maximum atomic E-state index is 12.1. The molecule has 3 rings (SSSR count). The van der Waals surface area contributed by atoms with E-state index in [0.29, 0.717) is 30.5 Å². The molecule has 0 bridgehead atoms. The second-order valence-electron chi connectivity index (χ2n) is 5.89. The minimum Gasteiger partial charge on any atom is -0.493 e. The Labute approximate surface area is 152 Å². The van der Waals surface area contributed by atoms with E-state index in [1.165, 1.54) is 5.56 Å². The van der Waals surface area contributed by atoms with Gasteiger partial charge in [-0.05, 0) is 35.7 Å². The third kappa shape index (κ3) is 3.61. The van der Waals surface area contributed by atoms with Crippen molar-refractivity contribution >= 4 is 11.9 Å². The zero-order valence-corrected chi connectivity index (χ0v) is 15.0. The molecule has 7 heteroatoms. The molecule has 1 aromatic carbocycles. The van der Waals surface area contributed by atoms with E-state index in [1.54, 1.807) is 32.6 Å². The lowest BCUT2D eigenvalue weighted by Crippen LogP contribution is -2.32. The van der Waals surface area contributed by atoms with E-state index in [1.807, 2.05) is 12.1 Å². The van der Waals surface area contributed by atoms with Crippen LogP contribution >= 0.6 is 0 Å². The Morgan fingerprint density at radius 2 is 2.04 bits per heavy atom. The van der Waals surface area contributed by atoms with Gasteiger partial charge in [-0.15, -0.1) is 6.58 Å². The van der Waals surface area contributed by atoms with Crippen LogP contribution in [0.3, 0.4) is 0 Å². The normalized spacial score (nSPS) is 12.9. The molecule has 1 aliphatic heterocycles. The van der Waals surface area contributed by atoms with E-state index in [9.17, 15) is 4.79 Å². The minimum absolute atomic E-state index is 0.239. The lowest BCUT2D eigenvalue weighted by Gasteiger charge is -2.29. The molecule has 0 fully saturated rings. The van der Waals surface area contributed by atoms with Crippen LogP contribution in [-0.4, -0.2) is 43.2 Å². The summed E-state index contributed by atoms with van der Waals surface area (Å²) in [5, 5.41) is 2.73. The molecular formula is C19H22N4O3. The van der Waals surface area contributed by atoms with Crippen molar-refractivity contribution in [1.29, 1.82) is 0 Å². The van der Waals surface area contributed by atoms with E-state index in [2.05, 4.69) is 26.8 Å². The molecule has 136 valence electrons. The number of nitrogens with zero attached hydrogens (tertiary/aromatic N) is 3. The number of carbonyl (C=O) groups is 1. The molecule has 26 heavy (non-hydrogen) atoms. The number of benzene rings is 1. The summed E-state index contributed by atoms with van der Waals surface area (Å²) < 4.78 is 10.8. The summed E-state index contributed by atoms with van der Waals surface area (Å²) in [6.07, 6.45) is 4.07. The van der Waals surface area contributed by atoms with Crippen LogP contribution in [0.4, 0.5) is 5.95 Å². The average Bonchev–Trinajstić information content (AvgIpc) is 2.70. The van der Waals surface area contributed by atoms with Crippen molar-refractivity contribution in [3.63, 3.8) is 0 Å². The molecule has 0 atom stereocenters. The Morgan fingerprint density at radius 1 is 1.31 bits per heavy atom. The summed E-state index contributed by atoms with van der Waals surface area (Å²) in [4.78, 5) is 22.9. The molecule has 7 nitrogen and oxygen atoms in total. The van der Waals surface area contributed by atoms with Crippen LogP contribution in [0.2, 0.25) is 0 Å². The van der Waals surface area contributed by atoms with Gasteiger partial charge in [-0.3, -0.25) is 4.79 Å². The molecule has 0 saturated heterocycles. The van der Waals surface area contributed by atoms with E-state index >= 15 is 0 Å². The van der Waals surface area contributed by atoms with Gasteiger partial charge in [-0.2, -0.15) is 0 Å². The molecule has 1 aromatic heterocycles. The number of anilines is 1. The van der Waals surface area contributed by atoms with Crippen molar-refractivity contribution in [2.75, 3.05) is 32.2 Å². The first-order chi connectivity index (χ1) is 12.7. The predicted molar refractivity (Wildman–Crippen MR) is 98.9 cm³/mol. The second kappa shape index (κ2) is 7.86. The number of hydrogen-bond acceptors (Lipinski definition) is 6. The Hall–Kier alpha value is -3.09. The van der Waals surface area contributed by atoms with Crippen molar-refractivity contribution in [1.82, 2.24) is 15.3 Å². The van der Waals surface area contributed by atoms with Crippen molar-refractivity contribution in [3.05, 3.63) is 53.9 Å². The van der Waals surface area contributed by atoms with Gasteiger partial charge in [-0.1, -0.05) is 6.08 Å². The zero-order chi connectivity index (χ0) is 18.5. The number of rotatable bonds is 6. The Kier molecular flexibility index (Phi) is 5.36. The molecular weight excluding hydrogens is 332 g/mol. The first kappa shape index (κ1) is 17.7. The van der Waals surface area contributed by atoms with Gasteiger partial charge in [0.25, 0.3) is 5.91 Å². The molecule has 0 radical (unpaired) electrons. The molecule has 2 heterocycles. The SMILES string of the molecule is C=CCNC(=O)c1ccnc(N2CCc3cc(OC)c(OC)cc3C2)n1. The minimum atomic E-state index is -0.239. The smallest absolute Gasteiger partial charge is 0.270 e. The Balaban J connectivity index is 1.82. The van der Waals surface area contributed by atoms with Crippen LogP contribution in [0.5, 0.6) is 11.5 Å². The highest BCUT2D eigenvalue weighted by Gasteiger charge is 2.22. The molecule has 0 spiro atoms. The fraction of sp³-hybridized carbons (Fsp3) is 0.316. The monoisotopic (exact) mass is 354 g/mol.